The van der Waals surface area contributed by atoms with Crippen molar-refractivity contribution in [2.75, 3.05) is 32.1 Å². The second-order valence-electron chi connectivity index (χ2n) is 5.01. The third-order valence-corrected chi connectivity index (χ3v) is 4.06. The molecule has 0 N–H and O–H groups in total. The summed E-state index contributed by atoms with van der Waals surface area (Å²) in [5, 5.41) is 1.10. The van der Waals surface area contributed by atoms with Crippen molar-refractivity contribution >= 4 is 15.9 Å². The predicted octanol–water partition coefficient (Wildman–Crippen LogP) is 2.76. The molecule has 0 aromatic heterocycles. The zero-order valence-corrected chi connectivity index (χ0v) is 11.8. The van der Waals surface area contributed by atoms with Gasteiger partial charge < -0.3 is 9.64 Å². The lowest BCUT2D eigenvalue weighted by Crippen LogP contribution is -2.34. The Morgan fingerprint density at radius 2 is 2.20 bits per heavy atom. The minimum Gasteiger partial charge on any atom is -0.377 e. The van der Waals surface area contributed by atoms with Gasteiger partial charge in [0.2, 0.25) is 0 Å². The molecular formula is C12H24BrNO. The Hall–Kier alpha value is 0.400. The first kappa shape index (κ1) is 13.5. The fourth-order valence-electron chi connectivity index (χ4n) is 2.05. The van der Waals surface area contributed by atoms with E-state index in [-0.39, 0.29) is 0 Å². The minimum atomic E-state index is 0.484. The van der Waals surface area contributed by atoms with E-state index >= 15 is 0 Å². The quantitative estimate of drug-likeness (QED) is 0.693. The summed E-state index contributed by atoms with van der Waals surface area (Å²) in [6.45, 7) is 7.82. The van der Waals surface area contributed by atoms with Crippen LogP contribution < -0.4 is 0 Å². The van der Waals surface area contributed by atoms with Crippen LogP contribution in [0.5, 0.6) is 0 Å². The molecule has 15 heavy (non-hydrogen) atoms. The van der Waals surface area contributed by atoms with Crippen LogP contribution in [0, 0.1) is 11.8 Å². The van der Waals surface area contributed by atoms with Gasteiger partial charge in [-0.05, 0) is 31.7 Å². The highest BCUT2D eigenvalue weighted by Gasteiger charge is 2.20. The second-order valence-corrected chi connectivity index (χ2v) is 5.66. The lowest BCUT2D eigenvalue weighted by Gasteiger charge is -2.27. The van der Waals surface area contributed by atoms with Crippen LogP contribution in [0.15, 0.2) is 0 Å². The van der Waals surface area contributed by atoms with Crippen LogP contribution in [0.25, 0.3) is 0 Å². The Morgan fingerprint density at radius 3 is 2.67 bits per heavy atom. The van der Waals surface area contributed by atoms with E-state index in [2.05, 4.69) is 41.7 Å². The standard InChI is InChI=1S/C12H24BrNO/c1-10(2)11(7-13)8-14(3)9-12-5-4-6-15-12/h10-12H,4-9H2,1-3H3. The third kappa shape index (κ3) is 4.83. The predicted molar refractivity (Wildman–Crippen MR) is 68.6 cm³/mol. The second kappa shape index (κ2) is 6.87. The summed E-state index contributed by atoms with van der Waals surface area (Å²) in [5.41, 5.74) is 0. The van der Waals surface area contributed by atoms with Crippen molar-refractivity contribution in [2.24, 2.45) is 11.8 Å². The molecule has 0 saturated carbocycles. The van der Waals surface area contributed by atoms with Crippen molar-refractivity contribution < 1.29 is 4.74 Å². The number of nitrogens with zero attached hydrogens (tertiary/aromatic N) is 1. The highest BCUT2D eigenvalue weighted by atomic mass is 79.9. The van der Waals surface area contributed by atoms with Crippen molar-refractivity contribution in [3.05, 3.63) is 0 Å². The molecule has 90 valence electrons. The van der Waals surface area contributed by atoms with Gasteiger partial charge in [0, 0.05) is 25.0 Å². The maximum absolute atomic E-state index is 5.65. The molecule has 0 aromatic carbocycles. The van der Waals surface area contributed by atoms with Crippen molar-refractivity contribution in [3.8, 4) is 0 Å². The first-order chi connectivity index (χ1) is 7.13. The monoisotopic (exact) mass is 277 g/mol. The maximum atomic E-state index is 5.65. The highest BCUT2D eigenvalue weighted by Crippen LogP contribution is 2.17. The number of ether oxygens (including phenoxy) is 1. The average Bonchev–Trinajstić information content (AvgIpc) is 2.66. The number of halogens is 1. The molecule has 0 bridgehead atoms. The zero-order chi connectivity index (χ0) is 11.3. The molecule has 0 amide bonds. The van der Waals surface area contributed by atoms with Gasteiger partial charge in [0.1, 0.15) is 0 Å². The molecule has 1 aliphatic heterocycles. The third-order valence-electron chi connectivity index (χ3n) is 3.23. The van der Waals surface area contributed by atoms with E-state index in [1.807, 2.05) is 0 Å². The maximum Gasteiger partial charge on any atom is 0.0702 e. The molecule has 0 radical (unpaired) electrons. The van der Waals surface area contributed by atoms with Crippen LogP contribution >= 0.6 is 15.9 Å². The van der Waals surface area contributed by atoms with Crippen LogP contribution in [0.1, 0.15) is 26.7 Å². The normalized spacial score (nSPS) is 24.0. The van der Waals surface area contributed by atoms with Crippen LogP contribution in [0.2, 0.25) is 0 Å². The molecule has 0 spiro atoms. The van der Waals surface area contributed by atoms with Crippen molar-refractivity contribution in [1.29, 1.82) is 0 Å². The van der Waals surface area contributed by atoms with E-state index in [1.54, 1.807) is 0 Å². The van der Waals surface area contributed by atoms with Crippen molar-refractivity contribution in [2.45, 2.75) is 32.8 Å². The summed E-state index contributed by atoms with van der Waals surface area (Å²) in [6.07, 6.45) is 2.97. The molecule has 1 fully saturated rings. The van der Waals surface area contributed by atoms with Gasteiger partial charge in [0.15, 0.2) is 0 Å². The van der Waals surface area contributed by atoms with Crippen LogP contribution in [-0.4, -0.2) is 43.1 Å². The molecule has 1 aliphatic rings. The summed E-state index contributed by atoms with van der Waals surface area (Å²) < 4.78 is 5.65. The molecule has 1 rings (SSSR count). The SMILES string of the molecule is CC(C)C(CBr)CN(C)CC1CCCO1. The van der Waals surface area contributed by atoms with Crippen molar-refractivity contribution in [1.82, 2.24) is 4.90 Å². The van der Waals surface area contributed by atoms with Gasteiger partial charge in [0.25, 0.3) is 0 Å². The van der Waals surface area contributed by atoms with Gasteiger partial charge >= 0.3 is 0 Å². The Bertz CT molecular complexity index is 169. The molecule has 2 atom stereocenters. The largest absolute Gasteiger partial charge is 0.377 e. The first-order valence-corrected chi connectivity index (χ1v) is 7.11. The fourth-order valence-corrected chi connectivity index (χ4v) is 3.00. The summed E-state index contributed by atoms with van der Waals surface area (Å²) in [7, 11) is 2.21. The number of hydrogen-bond donors (Lipinski definition) is 0. The molecule has 1 heterocycles. The van der Waals surface area contributed by atoms with Gasteiger partial charge in [-0.15, -0.1) is 0 Å². The highest BCUT2D eigenvalue weighted by molar-refractivity contribution is 9.09. The van der Waals surface area contributed by atoms with Gasteiger partial charge in [-0.3, -0.25) is 0 Å². The summed E-state index contributed by atoms with van der Waals surface area (Å²) in [4.78, 5) is 2.42. The minimum absolute atomic E-state index is 0.484. The molecule has 0 aliphatic carbocycles. The van der Waals surface area contributed by atoms with E-state index in [4.69, 9.17) is 4.74 Å². The fraction of sp³-hybridized carbons (Fsp3) is 1.00. The molecule has 1 saturated heterocycles. The number of likely N-dealkylation sites (N-methyl/N-ethyl adjacent to an activating group) is 1. The number of alkyl halides is 1. The lowest BCUT2D eigenvalue weighted by atomic mass is 9.97. The average molecular weight is 278 g/mol. The summed E-state index contributed by atoms with van der Waals surface area (Å²) in [5.74, 6) is 1.49. The molecule has 3 heteroatoms. The van der Waals surface area contributed by atoms with Crippen LogP contribution in [-0.2, 0) is 4.74 Å². The first-order valence-electron chi connectivity index (χ1n) is 5.99. The molecule has 2 unspecified atom stereocenters. The van der Waals surface area contributed by atoms with Crippen molar-refractivity contribution in [3.63, 3.8) is 0 Å². The number of rotatable bonds is 6. The van der Waals surface area contributed by atoms with E-state index in [0.29, 0.717) is 6.10 Å². The zero-order valence-electron chi connectivity index (χ0n) is 10.2. The number of hydrogen-bond acceptors (Lipinski definition) is 2. The van der Waals surface area contributed by atoms with Gasteiger partial charge in [-0.1, -0.05) is 29.8 Å². The molecular weight excluding hydrogens is 254 g/mol. The van der Waals surface area contributed by atoms with E-state index in [1.165, 1.54) is 19.4 Å². The Morgan fingerprint density at radius 1 is 1.47 bits per heavy atom. The molecule has 2 nitrogen and oxygen atoms in total. The Labute approximate surface area is 102 Å². The van der Waals surface area contributed by atoms with Crippen LogP contribution in [0.3, 0.4) is 0 Å². The summed E-state index contributed by atoms with van der Waals surface area (Å²) in [6, 6.07) is 0. The van der Waals surface area contributed by atoms with Gasteiger partial charge in [-0.2, -0.15) is 0 Å². The lowest BCUT2D eigenvalue weighted by molar-refractivity contribution is 0.0754. The Kier molecular flexibility index (Phi) is 6.17. The Balaban J connectivity index is 2.23. The van der Waals surface area contributed by atoms with Gasteiger partial charge in [-0.25, -0.2) is 0 Å². The van der Waals surface area contributed by atoms with E-state index < -0.39 is 0 Å². The van der Waals surface area contributed by atoms with Crippen LogP contribution in [0.4, 0.5) is 0 Å². The van der Waals surface area contributed by atoms with E-state index in [0.717, 1.165) is 30.3 Å². The topological polar surface area (TPSA) is 12.5 Å². The molecule has 0 aromatic rings. The van der Waals surface area contributed by atoms with E-state index in [9.17, 15) is 0 Å². The summed E-state index contributed by atoms with van der Waals surface area (Å²) >= 11 is 3.60. The smallest absolute Gasteiger partial charge is 0.0702 e. The van der Waals surface area contributed by atoms with Gasteiger partial charge in [0.05, 0.1) is 6.10 Å².